The first kappa shape index (κ1) is 5.99. The predicted octanol–water partition coefficient (Wildman–Crippen LogP) is -1.28. The maximum atomic E-state index is 10.8. The Hall–Kier alpha value is -1.59. The van der Waals surface area contributed by atoms with Crippen LogP contribution in [0.2, 0.25) is 0 Å². The minimum atomic E-state index is -2.89. The molecule has 68 valence electrons. The Balaban J connectivity index is 4.02. The van der Waals surface area contributed by atoms with E-state index >= 15 is 0 Å². The fourth-order valence-electron chi connectivity index (χ4n) is 0.361. The highest BCUT2D eigenvalue weighted by molar-refractivity contribution is 6.32. The van der Waals surface area contributed by atoms with Crippen molar-refractivity contribution in [3.05, 3.63) is 0 Å². The molecule has 0 aromatic carbocycles. The standard InChI is InChI=1S/C6H10N2O4/c1-3-12-6(11)5(10)8-7-4(2)9/h3H2,1-2H3,(H,7,9)(H,8,10)/i2D3. The summed E-state index contributed by atoms with van der Waals surface area (Å²) in [7, 11) is 0. The van der Waals surface area contributed by atoms with Gasteiger partial charge in [0.2, 0.25) is 5.91 Å². The van der Waals surface area contributed by atoms with Crippen LogP contribution in [0.1, 0.15) is 17.9 Å². The lowest BCUT2D eigenvalue weighted by Gasteiger charge is -2.03. The number of amides is 2. The molecule has 0 aromatic rings. The molecule has 0 aliphatic rings. The Bertz CT molecular complexity index is 276. The molecule has 0 spiro atoms. The molecule has 0 aliphatic heterocycles. The van der Waals surface area contributed by atoms with Gasteiger partial charge >= 0.3 is 11.9 Å². The average molecular weight is 177 g/mol. The number of carbonyl (C=O) groups excluding carboxylic acids is 3. The van der Waals surface area contributed by atoms with E-state index in [2.05, 4.69) is 4.74 Å². The second kappa shape index (κ2) is 5.11. The second-order valence-corrected chi connectivity index (χ2v) is 1.63. The highest BCUT2D eigenvalue weighted by Crippen LogP contribution is 1.75. The third-order valence-corrected chi connectivity index (χ3v) is 0.750. The summed E-state index contributed by atoms with van der Waals surface area (Å²) in [5.74, 6) is -3.84. The number of ether oxygens (including phenoxy) is 1. The second-order valence-electron chi connectivity index (χ2n) is 1.63. The monoisotopic (exact) mass is 177 g/mol. The summed E-state index contributed by atoms with van der Waals surface area (Å²) in [6.07, 6.45) is 0. The number of carbonyl (C=O) groups is 3. The summed E-state index contributed by atoms with van der Waals surface area (Å²) in [6, 6.07) is 0. The summed E-state index contributed by atoms with van der Waals surface area (Å²) in [5.41, 5.74) is 3.16. The maximum Gasteiger partial charge on any atom is 0.398 e. The van der Waals surface area contributed by atoms with E-state index in [1.807, 2.05) is 0 Å². The molecule has 0 aliphatic carbocycles. The van der Waals surface area contributed by atoms with E-state index in [1.54, 1.807) is 10.9 Å². The number of hydrogen-bond acceptors (Lipinski definition) is 4. The van der Waals surface area contributed by atoms with Crippen LogP contribution in [0.25, 0.3) is 0 Å². The summed E-state index contributed by atoms with van der Waals surface area (Å²) >= 11 is 0. The quantitative estimate of drug-likeness (QED) is 0.297. The third-order valence-electron chi connectivity index (χ3n) is 0.750. The molecule has 0 bridgehead atoms. The number of esters is 1. The Morgan fingerprint density at radius 2 is 2.08 bits per heavy atom. The zero-order valence-electron chi connectivity index (χ0n) is 9.34. The zero-order chi connectivity index (χ0) is 12.1. The molecule has 12 heavy (non-hydrogen) atoms. The lowest BCUT2D eigenvalue weighted by atomic mass is 10.6. The molecular weight excluding hydrogens is 164 g/mol. The van der Waals surface area contributed by atoms with Crippen molar-refractivity contribution in [2.75, 3.05) is 6.61 Å². The first-order valence-corrected chi connectivity index (χ1v) is 3.06. The fraction of sp³-hybridized carbons (Fsp3) is 0.500. The summed E-state index contributed by atoms with van der Waals surface area (Å²) in [6.45, 7) is -1.40. The van der Waals surface area contributed by atoms with Crippen LogP contribution in [0.15, 0.2) is 0 Å². The normalized spacial score (nSPS) is 13.2. The summed E-state index contributed by atoms with van der Waals surface area (Å²) in [4.78, 5) is 32.2. The van der Waals surface area contributed by atoms with Gasteiger partial charge in [-0.2, -0.15) is 0 Å². The van der Waals surface area contributed by atoms with Crippen molar-refractivity contribution in [2.45, 2.75) is 13.8 Å². The Morgan fingerprint density at radius 1 is 1.42 bits per heavy atom. The Kier molecular flexibility index (Phi) is 2.55. The van der Waals surface area contributed by atoms with Crippen LogP contribution in [0.4, 0.5) is 0 Å². The van der Waals surface area contributed by atoms with E-state index in [9.17, 15) is 14.4 Å². The van der Waals surface area contributed by atoms with Crippen LogP contribution in [0, 0.1) is 0 Å². The van der Waals surface area contributed by atoms with E-state index in [4.69, 9.17) is 4.11 Å². The van der Waals surface area contributed by atoms with Gasteiger partial charge < -0.3 is 4.74 Å². The first-order chi connectivity index (χ1) is 6.79. The smallest absolute Gasteiger partial charge is 0.398 e. The minimum absolute atomic E-state index is 0.000525. The predicted molar refractivity (Wildman–Crippen MR) is 38.6 cm³/mol. The van der Waals surface area contributed by atoms with E-state index < -0.39 is 24.6 Å². The van der Waals surface area contributed by atoms with Gasteiger partial charge in [-0.15, -0.1) is 0 Å². The molecule has 0 aromatic heterocycles. The van der Waals surface area contributed by atoms with E-state index in [1.165, 1.54) is 6.92 Å². The summed E-state index contributed by atoms with van der Waals surface area (Å²) < 4.78 is 24.2. The van der Waals surface area contributed by atoms with Gasteiger partial charge in [-0.05, 0) is 6.92 Å². The molecule has 2 N–H and O–H groups in total. The zero-order valence-corrected chi connectivity index (χ0v) is 6.34. The van der Waals surface area contributed by atoms with Gasteiger partial charge in [0.25, 0.3) is 0 Å². The van der Waals surface area contributed by atoms with Crippen LogP contribution in [0.3, 0.4) is 0 Å². The lowest BCUT2D eigenvalue weighted by molar-refractivity contribution is -0.155. The fourth-order valence-corrected chi connectivity index (χ4v) is 0.361. The van der Waals surface area contributed by atoms with Gasteiger partial charge in [0.15, 0.2) is 0 Å². The molecular formula is C6H10N2O4. The third kappa shape index (κ3) is 4.26. The van der Waals surface area contributed by atoms with Crippen molar-refractivity contribution >= 4 is 17.8 Å². The molecule has 0 saturated heterocycles. The molecule has 0 saturated carbocycles. The average Bonchev–Trinajstić information content (AvgIpc) is 2.12. The highest BCUT2D eigenvalue weighted by atomic mass is 16.5. The molecule has 0 unspecified atom stereocenters. The van der Waals surface area contributed by atoms with Crippen LogP contribution >= 0.6 is 0 Å². The topological polar surface area (TPSA) is 84.5 Å². The van der Waals surface area contributed by atoms with Gasteiger partial charge in [0.05, 0.1) is 6.61 Å². The van der Waals surface area contributed by atoms with Gasteiger partial charge in [0.1, 0.15) is 0 Å². The van der Waals surface area contributed by atoms with Crippen molar-refractivity contribution in [3.63, 3.8) is 0 Å². The van der Waals surface area contributed by atoms with Gasteiger partial charge in [-0.25, -0.2) is 4.79 Å². The van der Waals surface area contributed by atoms with Crippen LogP contribution in [-0.4, -0.2) is 24.4 Å². The molecule has 6 nitrogen and oxygen atoms in total. The number of hydrogen-bond donors (Lipinski definition) is 2. The molecule has 6 heteroatoms. The first-order valence-electron chi connectivity index (χ1n) is 4.56. The molecule has 2 amide bonds. The SMILES string of the molecule is [2H]C([2H])([2H])C(=O)NNC(=O)C(=O)OCC. The molecule has 0 fully saturated rings. The minimum Gasteiger partial charge on any atom is -0.459 e. The van der Waals surface area contributed by atoms with E-state index in [0.717, 1.165) is 0 Å². The van der Waals surface area contributed by atoms with Crippen molar-refractivity contribution in [1.82, 2.24) is 10.9 Å². The molecule has 0 rings (SSSR count). The van der Waals surface area contributed by atoms with Gasteiger partial charge in [-0.1, -0.05) is 0 Å². The highest BCUT2D eigenvalue weighted by Gasteiger charge is 2.13. The maximum absolute atomic E-state index is 10.8. The van der Waals surface area contributed by atoms with Crippen LogP contribution in [-0.2, 0) is 19.1 Å². The van der Waals surface area contributed by atoms with Crippen molar-refractivity contribution in [3.8, 4) is 0 Å². The Morgan fingerprint density at radius 3 is 2.58 bits per heavy atom. The number of rotatable bonds is 1. The molecule has 0 radical (unpaired) electrons. The van der Waals surface area contributed by atoms with Crippen molar-refractivity contribution in [2.24, 2.45) is 0 Å². The summed E-state index contributed by atoms with van der Waals surface area (Å²) in [5, 5.41) is 0. The van der Waals surface area contributed by atoms with Gasteiger partial charge in [-0.3, -0.25) is 20.4 Å². The van der Waals surface area contributed by atoms with Crippen molar-refractivity contribution in [1.29, 1.82) is 0 Å². The number of nitrogens with one attached hydrogen (secondary N) is 2. The van der Waals surface area contributed by atoms with Gasteiger partial charge in [0, 0.05) is 11.0 Å². The van der Waals surface area contributed by atoms with E-state index in [0.29, 0.717) is 0 Å². The van der Waals surface area contributed by atoms with Crippen LogP contribution in [0.5, 0.6) is 0 Å². The number of hydrazine groups is 1. The van der Waals surface area contributed by atoms with Crippen LogP contribution < -0.4 is 10.9 Å². The lowest BCUT2D eigenvalue weighted by Crippen LogP contribution is -2.44. The molecule has 0 heterocycles. The molecule has 0 atom stereocenters. The van der Waals surface area contributed by atoms with Crippen molar-refractivity contribution < 1.29 is 23.2 Å². The Labute approximate surface area is 73.4 Å². The largest absolute Gasteiger partial charge is 0.459 e. The van der Waals surface area contributed by atoms with E-state index in [-0.39, 0.29) is 6.61 Å².